The number of carbonyl (C=O) groups is 1. The predicted molar refractivity (Wildman–Crippen MR) is 74.8 cm³/mol. The minimum absolute atomic E-state index is 0.427. The van der Waals surface area contributed by atoms with Crippen molar-refractivity contribution in [3.05, 3.63) is 42.0 Å². The molecule has 19 heavy (non-hydrogen) atoms. The molecule has 0 atom stereocenters. The highest BCUT2D eigenvalue weighted by atomic mass is 16.5. The van der Waals surface area contributed by atoms with E-state index in [1.807, 2.05) is 24.3 Å². The third-order valence-corrected chi connectivity index (χ3v) is 2.91. The van der Waals surface area contributed by atoms with Crippen LogP contribution in [0.2, 0.25) is 0 Å². The average molecular weight is 257 g/mol. The van der Waals surface area contributed by atoms with Gasteiger partial charge in [0.15, 0.2) is 17.8 Å². The van der Waals surface area contributed by atoms with Gasteiger partial charge in [-0.3, -0.25) is 4.79 Å². The number of rotatable bonds is 4. The molecule has 2 N–H and O–H groups in total. The van der Waals surface area contributed by atoms with Crippen LogP contribution in [0.1, 0.15) is 10.4 Å². The molecule has 0 spiro atoms. The monoisotopic (exact) mass is 257 g/mol. The highest BCUT2D eigenvalue weighted by molar-refractivity contribution is 5.87. The molecule has 2 aromatic carbocycles. The molecule has 0 aromatic heterocycles. The Hall–Kier alpha value is -2.49. The van der Waals surface area contributed by atoms with E-state index in [1.54, 1.807) is 12.1 Å². The van der Waals surface area contributed by atoms with Gasteiger partial charge < -0.3 is 15.2 Å². The summed E-state index contributed by atoms with van der Waals surface area (Å²) in [7, 11) is 3.03. The third kappa shape index (κ3) is 2.38. The van der Waals surface area contributed by atoms with Crippen LogP contribution in [0.3, 0.4) is 0 Å². The number of methoxy groups -OCH3 is 2. The van der Waals surface area contributed by atoms with E-state index in [0.29, 0.717) is 22.7 Å². The Bertz CT molecular complexity index is 608. The van der Waals surface area contributed by atoms with Gasteiger partial charge in [-0.1, -0.05) is 18.2 Å². The van der Waals surface area contributed by atoms with Crippen molar-refractivity contribution in [2.75, 3.05) is 20.0 Å². The molecule has 0 saturated heterocycles. The van der Waals surface area contributed by atoms with Crippen LogP contribution < -0.4 is 15.2 Å². The lowest BCUT2D eigenvalue weighted by atomic mass is 10.0. The maximum Gasteiger partial charge on any atom is 0.171 e. The number of carbonyl (C=O) groups excluding carboxylic acids is 1. The zero-order valence-electron chi connectivity index (χ0n) is 10.8. The largest absolute Gasteiger partial charge is 0.493 e. The second kappa shape index (κ2) is 5.44. The quantitative estimate of drug-likeness (QED) is 0.675. The first-order chi connectivity index (χ1) is 9.21. The first kappa shape index (κ1) is 13.0. The Labute approximate surface area is 111 Å². The van der Waals surface area contributed by atoms with Crippen LogP contribution in [-0.4, -0.2) is 20.5 Å². The number of nitrogens with two attached hydrogens (primary N) is 1. The van der Waals surface area contributed by atoms with Crippen molar-refractivity contribution in [2.24, 2.45) is 0 Å². The lowest BCUT2D eigenvalue weighted by Gasteiger charge is -2.13. The SMILES string of the molecule is COc1cc(-c2ccccc2N)cc(C=O)c1OC. The summed E-state index contributed by atoms with van der Waals surface area (Å²) in [5.74, 6) is 0.932. The Morgan fingerprint density at radius 3 is 2.42 bits per heavy atom. The van der Waals surface area contributed by atoms with E-state index in [0.717, 1.165) is 17.4 Å². The van der Waals surface area contributed by atoms with Crippen LogP contribution in [0.25, 0.3) is 11.1 Å². The average Bonchev–Trinajstić information content (AvgIpc) is 2.46. The van der Waals surface area contributed by atoms with E-state index < -0.39 is 0 Å². The standard InChI is InChI=1S/C15H15NO3/c1-18-14-8-10(7-11(9-17)15(14)19-2)12-5-3-4-6-13(12)16/h3-9H,16H2,1-2H3. The summed E-state index contributed by atoms with van der Waals surface area (Å²) in [5, 5.41) is 0. The molecule has 0 amide bonds. The van der Waals surface area contributed by atoms with E-state index in [9.17, 15) is 4.79 Å². The highest BCUT2D eigenvalue weighted by Gasteiger charge is 2.13. The molecule has 2 rings (SSSR count). The number of ether oxygens (including phenoxy) is 2. The summed E-state index contributed by atoms with van der Waals surface area (Å²) in [4.78, 5) is 11.2. The number of aldehydes is 1. The molecular weight excluding hydrogens is 242 g/mol. The minimum Gasteiger partial charge on any atom is -0.493 e. The second-order valence-electron chi connectivity index (χ2n) is 4.01. The highest BCUT2D eigenvalue weighted by Crippen LogP contribution is 2.37. The Balaban J connectivity index is 2.66. The van der Waals surface area contributed by atoms with Crippen LogP contribution in [0.4, 0.5) is 5.69 Å². The number of hydrogen-bond acceptors (Lipinski definition) is 4. The normalized spacial score (nSPS) is 10.0. The van der Waals surface area contributed by atoms with Crippen molar-refractivity contribution in [3.63, 3.8) is 0 Å². The zero-order chi connectivity index (χ0) is 13.8. The van der Waals surface area contributed by atoms with E-state index in [1.165, 1.54) is 14.2 Å². The van der Waals surface area contributed by atoms with Gasteiger partial charge in [0.05, 0.1) is 19.8 Å². The smallest absolute Gasteiger partial charge is 0.171 e. The number of para-hydroxylation sites is 1. The van der Waals surface area contributed by atoms with Crippen molar-refractivity contribution in [1.29, 1.82) is 0 Å². The first-order valence-corrected chi connectivity index (χ1v) is 5.77. The number of nitrogen functional groups attached to an aromatic ring is 1. The van der Waals surface area contributed by atoms with E-state index >= 15 is 0 Å². The molecule has 4 heteroatoms. The summed E-state index contributed by atoms with van der Waals surface area (Å²) < 4.78 is 10.4. The van der Waals surface area contributed by atoms with Gasteiger partial charge >= 0.3 is 0 Å². The van der Waals surface area contributed by atoms with Crippen molar-refractivity contribution in [1.82, 2.24) is 0 Å². The topological polar surface area (TPSA) is 61.5 Å². The zero-order valence-corrected chi connectivity index (χ0v) is 10.8. The molecule has 0 aliphatic carbocycles. The summed E-state index contributed by atoms with van der Waals surface area (Å²) in [6.07, 6.45) is 0.740. The molecule has 4 nitrogen and oxygen atoms in total. The maximum atomic E-state index is 11.2. The lowest BCUT2D eigenvalue weighted by molar-refractivity contribution is 0.112. The van der Waals surface area contributed by atoms with Crippen molar-refractivity contribution < 1.29 is 14.3 Å². The fraction of sp³-hybridized carbons (Fsp3) is 0.133. The maximum absolute atomic E-state index is 11.2. The first-order valence-electron chi connectivity index (χ1n) is 5.77. The van der Waals surface area contributed by atoms with Crippen LogP contribution in [0, 0.1) is 0 Å². The van der Waals surface area contributed by atoms with E-state index in [2.05, 4.69) is 0 Å². The molecule has 0 aliphatic rings. The van der Waals surface area contributed by atoms with Gasteiger partial charge in [0.1, 0.15) is 0 Å². The van der Waals surface area contributed by atoms with Crippen molar-refractivity contribution in [2.45, 2.75) is 0 Å². The summed E-state index contributed by atoms with van der Waals surface area (Å²) in [5.41, 5.74) is 8.69. The molecular formula is C15H15NO3. The molecule has 2 aromatic rings. The lowest BCUT2D eigenvalue weighted by Crippen LogP contribution is -1.97. The van der Waals surface area contributed by atoms with Crippen LogP contribution in [0.5, 0.6) is 11.5 Å². The molecule has 0 unspecified atom stereocenters. The molecule has 0 bridgehead atoms. The van der Waals surface area contributed by atoms with Gasteiger partial charge in [0.25, 0.3) is 0 Å². The Morgan fingerprint density at radius 2 is 1.84 bits per heavy atom. The molecule has 0 radical (unpaired) electrons. The van der Waals surface area contributed by atoms with Crippen molar-refractivity contribution in [3.8, 4) is 22.6 Å². The number of anilines is 1. The molecule has 0 fully saturated rings. The summed E-state index contributed by atoms with van der Waals surface area (Å²) in [6, 6.07) is 11.0. The molecule has 98 valence electrons. The fourth-order valence-corrected chi connectivity index (χ4v) is 2.00. The van der Waals surface area contributed by atoms with Crippen LogP contribution in [-0.2, 0) is 0 Å². The van der Waals surface area contributed by atoms with Gasteiger partial charge in [0, 0.05) is 11.3 Å². The minimum atomic E-state index is 0.427. The van der Waals surface area contributed by atoms with Crippen LogP contribution in [0.15, 0.2) is 36.4 Å². The third-order valence-electron chi connectivity index (χ3n) is 2.91. The van der Waals surface area contributed by atoms with Crippen LogP contribution >= 0.6 is 0 Å². The molecule has 0 aliphatic heterocycles. The van der Waals surface area contributed by atoms with Crippen molar-refractivity contribution >= 4 is 12.0 Å². The van der Waals surface area contributed by atoms with Gasteiger partial charge in [-0.15, -0.1) is 0 Å². The van der Waals surface area contributed by atoms with E-state index in [-0.39, 0.29) is 0 Å². The molecule has 0 heterocycles. The Kier molecular flexibility index (Phi) is 3.71. The summed E-state index contributed by atoms with van der Waals surface area (Å²) in [6.45, 7) is 0. The predicted octanol–water partition coefficient (Wildman–Crippen LogP) is 2.77. The van der Waals surface area contributed by atoms with Gasteiger partial charge in [0.2, 0.25) is 0 Å². The second-order valence-corrected chi connectivity index (χ2v) is 4.01. The van der Waals surface area contributed by atoms with Gasteiger partial charge in [-0.2, -0.15) is 0 Å². The Morgan fingerprint density at radius 1 is 1.11 bits per heavy atom. The van der Waals surface area contributed by atoms with Gasteiger partial charge in [-0.05, 0) is 23.8 Å². The number of hydrogen-bond donors (Lipinski definition) is 1. The van der Waals surface area contributed by atoms with Gasteiger partial charge in [-0.25, -0.2) is 0 Å². The fourth-order valence-electron chi connectivity index (χ4n) is 2.00. The summed E-state index contributed by atoms with van der Waals surface area (Å²) >= 11 is 0. The molecule has 0 saturated carbocycles. The van der Waals surface area contributed by atoms with E-state index in [4.69, 9.17) is 15.2 Å². The number of benzene rings is 2.